The molecule has 0 atom stereocenters. The number of carboxylic acid groups (broad SMARTS) is 1. The van der Waals surface area contributed by atoms with Crippen LogP contribution in [0, 0.1) is 0 Å². The molecule has 3 rings (SSSR count). The second kappa shape index (κ2) is 10.5. The van der Waals surface area contributed by atoms with E-state index in [1.54, 1.807) is 31.5 Å². The number of carbonyl (C=O) groups is 1. The fraction of sp³-hybridized carbons (Fsp3) is 0.0909. The minimum Gasteiger partial charge on any atom is -0.493 e. The van der Waals surface area contributed by atoms with Gasteiger partial charge in [-0.1, -0.05) is 41.4 Å². The molecular formula is C22H17BrCl2N2O4. The molecule has 31 heavy (non-hydrogen) atoms. The predicted octanol–water partition coefficient (Wildman–Crippen LogP) is 6.49. The molecule has 0 aliphatic carbocycles. The van der Waals surface area contributed by atoms with Gasteiger partial charge in [-0.2, -0.15) is 5.10 Å². The molecule has 3 aromatic carbocycles. The number of benzene rings is 3. The third kappa shape index (κ3) is 5.91. The van der Waals surface area contributed by atoms with Crippen molar-refractivity contribution in [3.05, 3.63) is 85.8 Å². The van der Waals surface area contributed by atoms with Crippen LogP contribution in [0.15, 0.2) is 64.2 Å². The standard InChI is InChI=1S/C22H17BrCl2N2O4/c1-30-20-9-13(11-26-27-15-6-7-19(25)16(10-15)22(28)29)8-17(23)21(20)31-12-14-4-2-3-5-18(14)24/h2-11,27H,12H2,1H3,(H,28,29). The van der Waals surface area contributed by atoms with E-state index in [-0.39, 0.29) is 17.2 Å². The fourth-order valence-electron chi connectivity index (χ4n) is 2.66. The first-order valence-electron chi connectivity index (χ1n) is 8.94. The van der Waals surface area contributed by atoms with Crippen LogP contribution in [0.5, 0.6) is 11.5 Å². The van der Waals surface area contributed by atoms with Gasteiger partial charge in [0.1, 0.15) is 6.61 Å². The number of nitrogens with one attached hydrogen (secondary N) is 1. The maximum absolute atomic E-state index is 11.2. The Morgan fingerprint density at radius 2 is 1.94 bits per heavy atom. The van der Waals surface area contributed by atoms with Crippen molar-refractivity contribution in [2.75, 3.05) is 12.5 Å². The van der Waals surface area contributed by atoms with Crippen LogP contribution in [0.25, 0.3) is 0 Å². The van der Waals surface area contributed by atoms with E-state index in [4.69, 9.17) is 37.8 Å². The molecule has 3 aromatic rings. The Balaban J connectivity index is 1.74. The summed E-state index contributed by atoms with van der Waals surface area (Å²) in [5.41, 5.74) is 4.86. The second-order valence-electron chi connectivity index (χ2n) is 6.28. The van der Waals surface area contributed by atoms with Crippen molar-refractivity contribution in [2.45, 2.75) is 6.61 Å². The van der Waals surface area contributed by atoms with Crippen LogP contribution in [-0.4, -0.2) is 24.4 Å². The normalized spacial score (nSPS) is 10.8. The molecule has 0 unspecified atom stereocenters. The molecule has 0 aliphatic rings. The van der Waals surface area contributed by atoms with Crippen molar-refractivity contribution >= 4 is 57.0 Å². The summed E-state index contributed by atoms with van der Waals surface area (Å²) in [5, 5.41) is 14.1. The molecule has 0 aliphatic heterocycles. The molecule has 0 fully saturated rings. The number of methoxy groups -OCH3 is 1. The zero-order valence-corrected chi connectivity index (χ0v) is 19.3. The van der Waals surface area contributed by atoms with E-state index in [1.807, 2.05) is 24.3 Å². The monoisotopic (exact) mass is 522 g/mol. The Morgan fingerprint density at radius 3 is 2.65 bits per heavy atom. The van der Waals surface area contributed by atoms with E-state index in [2.05, 4.69) is 26.5 Å². The SMILES string of the molecule is COc1cc(C=NNc2ccc(Cl)c(C(=O)O)c2)cc(Br)c1OCc1ccccc1Cl. The lowest BCUT2D eigenvalue weighted by atomic mass is 10.2. The van der Waals surface area contributed by atoms with E-state index in [0.717, 1.165) is 11.1 Å². The summed E-state index contributed by atoms with van der Waals surface area (Å²) in [4.78, 5) is 11.2. The molecule has 0 amide bonds. The van der Waals surface area contributed by atoms with Gasteiger partial charge in [0.15, 0.2) is 11.5 Å². The Hall–Kier alpha value is -2.74. The van der Waals surface area contributed by atoms with Gasteiger partial charge >= 0.3 is 5.97 Å². The zero-order valence-electron chi connectivity index (χ0n) is 16.2. The van der Waals surface area contributed by atoms with Crippen molar-refractivity contribution in [2.24, 2.45) is 5.10 Å². The number of nitrogens with zero attached hydrogens (tertiary/aromatic N) is 1. The number of hydrogen-bond acceptors (Lipinski definition) is 5. The lowest BCUT2D eigenvalue weighted by Crippen LogP contribution is -2.01. The highest BCUT2D eigenvalue weighted by Crippen LogP contribution is 2.37. The van der Waals surface area contributed by atoms with Gasteiger partial charge in [0.2, 0.25) is 0 Å². The van der Waals surface area contributed by atoms with Crippen LogP contribution >= 0.6 is 39.1 Å². The van der Waals surface area contributed by atoms with Crippen molar-refractivity contribution in [1.29, 1.82) is 0 Å². The number of halogens is 3. The fourth-order valence-corrected chi connectivity index (χ4v) is 3.62. The summed E-state index contributed by atoms with van der Waals surface area (Å²) in [6.45, 7) is 0.284. The van der Waals surface area contributed by atoms with Crippen molar-refractivity contribution in [1.82, 2.24) is 0 Å². The number of hydrazone groups is 1. The van der Waals surface area contributed by atoms with E-state index in [0.29, 0.717) is 26.7 Å². The highest BCUT2D eigenvalue weighted by Gasteiger charge is 2.13. The number of carboxylic acids is 1. The molecule has 0 saturated heterocycles. The summed E-state index contributed by atoms with van der Waals surface area (Å²) in [6, 6.07) is 15.6. The molecular weight excluding hydrogens is 507 g/mol. The van der Waals surface area contributed by atoms with Crippen LogP contribution in [0.1, 0.15) is 21.5 Å². The molecule has 0 heterocycles. The van der Waals surface area contributed by atoms with Crippen LogP contribution in [-0.2, 0) is 6.61 Å². The van der Waals surface area contributed by atoms with Gasteiger partial charge in [-0.25, -0.2) is 4.79 Å². The lowest BCUT2D eigenvalue weighted by molar-refractivity contribution is 0.0697. The maximum Gasteiger partial charge on any atom is 0.337 e. The van der Waals surface area contributed by atoms with E-state index < -0.39 is 5.97 Å². The third-order valence-electron chi connectivity index (χ3n) is 4.19. The quantitative estimate of drug-likeness (QED) is 0.260. The minimum absolute atomic E-state index is 0.00805. The van der Waals surface area contributed by atoms with E-state index >= 15 is 0 Å². The Morgan fingerprint density at radius 1 is 1.16 bits per heavy atom. The highest BCUT2D eigenvalue weighted by molar-refractivity contribution is 9.10. The average Bonchev–Trinajstić information content (AvgIpc) is 2.74. The van der Waals surface area contributed by atoms with Crippen molar-refractivity contribution in [3.8, 4) is 11.5 Å². The van der Waals surface area contributed by atoms with E-state index in [9.17, 15) is 4.79 Å². The Bertz CT molecular complexity index is 1140. The molecule has 0 saturated carbocycles. The van der Waals surface area contributed by atoms with Gasteiger partial charge in [0.25, 0.3) is 0 Å². The third-order valence-corrected chi connectivity index (χ3v) is 5.47. The molecule has 0 radical (unpaired) electrons. The minimum atomic E-state index is -1.11. The molecule has 6 nitrogen and oxygen atoms in total. The van der Waals surface area contributed by atoms with Crippen LogP contribution in [0.2, 0.25) is 10.0 Å². The smallest absolute Gasteiger partial charge is 0.337 e. The largest absolute Gasteiger partial charge is 0.493 e. The van der Waals surface area contributed by atoms with Crippen molar-refractivity contribution in [3.63, 3.8) is 0 Å². The summed E-state index contributed by atoms with van der Waals surface area (Å²) in [5.74, 6) is -0.0578. The molecule has 160 valence electrons. The molecule has 0 spiro atoms. The summed E-state index contributed by atoms with van der Waals surface area (Å²) >= 11 is 15.6. The Labute approximate surface area is 197 Å². The molecule has 0 aromatic heterocycles. The lowest BCUT2D eigenvalue weighted by Gasteiger charge is -2.14. The van der Waals surface area contributed by atoms with E-state index in [1.165, 1.54) is 12.1 Å². The Kier molecular flexibility index (Phi) is 7.79. The summed E-state index contributed by atoms with van der Waals surface area (Å²) in [7, 11) is 1.55. The van der Waals surface area contributed by atoms with Gasteiger partial charge in [0.05, 0.1) is 34.1 Å². The first-order chi connectivity index (χ1) is 14.9. The van der Waals surface area contributed by atoms with Gasteiger partial charge in [-0.05, 0) is 57.9 Å². The van der Waals surface area contributed by atoms with Crippen molar-refractivity contribution < 1.29 is 19.4 Å². The molecule has 0 bridgehead atoms. The number of aromatic carboxylic acids is 1. The number of hydrogen-bond donors (Lipinski definition) is 2. The summed E-state index contributed by atoms with van der Waals surface area (Å²) < 4.78 is 12.1. The van der Waals surface area contributed by atoms with Crippen LogP contribution in [0.4, 0.5) is 5.69 Å². The molecule has 2 N–H and O–H groups in total. The van der Waals surface area contributed by atoms with Crippen LogP contribution in [0.3, 0.4) is 0 Å². The highest BCUT2D eigenvalue weighted by atomic mass is 79.9. The first kappa shape index (κ1) is 22.9. The van der Waals surface area contributed by atoms with Gasteiger partial charge in [-0.15, -0.1) is 0 Å². The van der Waals surface area contributed by atoms with Gasteiger partial charge in [0, 0.05) is 10.6 Å². The maximum atomic E-state index is 11.2. The number of ether oxygens (including phenoxy) is 2. The predicted molar refractivity (Wildman–Crippen MR) is 126 cm³/mol. The van der Waals surface area contributed by atoms with Gasteiger partial charge in [-0.3, -0.25) is 5.43 Å². The zero-order chi connectivity index (χ0) is 22.4. The second-order valence-corrected chi connectivity index (χ2v) is 7.95. The summed E-state index contributed by atoms with van der Waals surface area (Å²) in [6.07, 6.45) is 1.57. The molecule has 9 heteroatoms. The number of rotatable bonds is 8. The first-order valence-corrected chi connectivity index (χ1v) is 10.5. The van der Waals surface area contributed by atoms with Crippen LogP contribution < -0.4 is 14.9 Å². The number of anilines is 1. The van der Waals surface area contributed by atoms with Gasteiger partial charge < -0.3 is 14.6 Å². The topological polar surface area (TPSA) is 80.2 Å². The average molecular weight is 524 g/mol.